The van der Waals surface area contributed by atoms with Crippen molar-refractivity contribution in [2.24, 2.45) is 10.2 Å². The molecular formula is C21H19N3O6S. The fourth-order valence-corrected chi connectivity index (χ4v) is 3.59. The van der Waals surface area contributed by atoms with Crippen LogP contribution in [0.15, 0.2) is 81.9 Å². The standard InChI is InChI=1S/C21H19N3O6S/c1-30-17-7-2-14(3-8-17)13-22-31(28,29)18-9-4-15(5-10-18)23-24-16-6-11-20(25)19(12-16)21(26)27/h2-12,22,25H,13H2,1H3,(H,26,27). The maximum Gasteiger partial charge on any atom is 0.339 e. The summed E-state index contributed by atoms with van der Waals surface area (Å²) in [5.74, 6) is -0.975. The van der Waals surface area contributed by atoms with Crippen molar-refractivity contribution >= 4 is 27.4 Å². The molecule has 0 radical (unpaired) electrons. The van der Waals surface area contributed by atoms with E-state index in [0.29, 0.717) is 11.4 Å². The molecule has 0 spiro atoms. The number of aromatic hydroxyl groups is 1. The molecule has 0 fully saturated rings. The van der Waals surface area contributed by atoms with Crippen molar-refractivity contribution in [3.05, 3.63) is 77.9 Å². The Bertz CT molecular complexity index is 1210. The second kappa shape index (κ2) is 9.37. The van der Waals surface area contributed by atoms with Gasteiger partial charge in [0.1, 0.15) is 17.1 Å². The van der Waals surface area contributed by atoms with Gasteiger partial charge in [0, 0.05) is 6.54 Å². The first kappa shape index (κ1) is 21.9. The highest BCUT2D eigenvalue weighted by Crippen LogP contribution is 2.25. The zero-order valence-corrected chi connectivity index (χ0v) is 17.2. The van der Waals surface area contributed by atoms with Crippen molar-refractivity contribution in [1.29, 1.82) is 0 Å². The molecule has 3 rings (SSSR count). The van der Waals surface area contributed by atoms with Crippen LogP contribution in [0.3, 0.4) is 0 Å². The Morgan fingerprint density at radius 2 is 1.58 bits per heavy atom. The van der Waals surface area contributed by atoms with E-state index in [1.54, 1.807) is 31.4 Å². The van der Waals surface area contributed by atoms with Gasteiger partial charge in [-0.1, -0.05) is 12.1 Å². The quantitative estimate of drug-likeness (QED) is 0.452. The molecule has 10 heteroatoms. The highest BCUT2D eigenvalue weighted by Gasteiger charge is 2.14. The summed E-state index contributed by atoms with van der Waals surface area (Å²) in [7, 11) is -2.17. The van der Waals surface area contributed by atoms with Crippen LogP contribution in [0.4, 0.5) is 11.4 Å². The van der Waals surface area contributed by atoms with Gasteiger partial charge in [-0.2, -0.15) is 10.2 Å². The summed E-state index contributed by atoms with van der Waals surface area (Å²) < 4.78 is 32.6. The lowest BCUT2D eigenvalue weighted by atomic mass is 10.2. The van der Waals surface area contributed by atoms with Gasteiger partial charge < -0.3 is 14.9 Å². The number of benzene rings is 3. The molecular weight excluding hydrogens is 422 g/mol. The minimum Gasteiger partial charge on any atom is -0.507 e. The number of aromatic carboxylic acids is 1. The van der Waals surface area contributed by atoms with Gasteiger partial charge in [0.25, 0.3) is 0 Å². The van der Waals surface area contributed by atoms with Gasteiger partial charge in [-0.05, 0) is 60.2 Å². The Morgan fingerprint density at radius 3 is 2.19 bits per heavy atom. The molecule has 0 atom stereocenters. The largest absolute Gasteiger partial charge is 0.507 e. The Kier molecular flexibility index (Phi) is 6.63. The summed E-state index contributed by atoms with van der Waals surface area (Å²) in [5.41, 5.74) is 1.09. The molecule has 0 aliphatic heterocycles. The van der Waals surface area contributed by atoms with Gasteiger partial charge in [-0.15, -0.1) is 0 Å². The van der Waals surface area contributed by atoms with Crippen molar-refractivity contribution in [2.75, 3.05) is 7.11 Å². The van der Waals surface area contributed by atoms with E-state index in [2.05, 4.69) is 15.0 Å². The molecule has 3 aromatic rings. The number of carbonyl (C=O) groups is 1. The Labute approximate surface area is 178 Å². The number of hydrogen-bond acceptors (Lipinski definition) is 7. The number of phenols is 1. The van der Waals surface area contributed by atoms with E-state index in [9.17, 15) is 18.3 Å². The third-order valence-electron chi connectivity index (χ3n) is 4.26. The number of hydrogen-bond donors (Lipinski definition) is 3. The van der Waals surface area contributed by atoms with Crippen LogP contribution in [-0.4, -0.2) is 31.7 Å². The number of sulfonamides is 1. The average Bonchev–Trinajstić information content (AvgIpc) is 2.77. The van der Waals surface area contributed by atoms with Gasteiger partial charge in [-0.25, -0.2) is 17.9 Å². The molecule has 3 aromatic carbocycles. The molecule has 0 amide bonds. The molecule has 9 nitrogen and oxygen atoms in total. The lowest BCUT2D eigenvalue weighted by Crippen LogP contribution is -2.23. The zero-order valence-electron chi connectivity index (χ0n) is 16.4. The van der Waals surface area contributed by atoms with Gasteiger partial charge in [0.2, 0.25) is 10.0 Å². The van der Waals surface area contributed by atoms with Gasteiger partial charge in [0.15, 0.2) is 0 Å². The minimum atomic E-state index is -3.72. The third-order valence-corrected chi connectivity index (χ3v) is 5.68. The molecule has 31 heavy (non-hydrogen) atoms. The van der Waals surface area contributed by atoms with Crippen LogP contribution in [0.25, 0.3) is 0 Å². The van der Waals surface area contributed by atoms with Crippen molar-refractivity contribution in [3.8, 4) is 11.5 Å². The third kappa shape index (κ3) is 5.65. The Balaban J connectivity index is 1.67. The molecule has 0 saturated heterocycles. The lowest BCUT2D eigenvalue weighted by Gasteiger charge is -2.08. The van der Waals surface area contributed by atoms with Crippen LogP contribution in [0, 0.1) is 0 Å². The number of carboxylic acids is 1. The normalized spacial score (nSPS) is 11.5. The maximum atomic E-state index is 12.5. The molecule has 0 heterocycles. The van der Waals surface area contributed by atoms with Crippen molar-refractivity contribution in [2.45, 2.75) is 11.4 Å². The molecule has 0 unspecified atom stereocenters. The highest BCUT2D eigenvalue weighted by molar-refractivity contribution is 7.89. The average molecular weight is 441 g/mol. The zero-order chi connectivity index (χ0) is 22.4. The second-order valence-corrected chi connectivity index (χ2v) is 8.14. The number of nitrogens with zero attached hydrogens (tertiary/aromatic N) is 2. The summed E-state index contributed by atoms with van der Waals surface area (Å²) in [6, 6.07) is 16.6. The predicted octanol–water partition coefficient (Wildman–Crippen LogP) is 3.99. The molecule has 0 aliphatic carbocycles. The molecule has 0 saturated carbocycles. The molecule has 160 valence electrons. The van der Waals surface area contributed by atoms with Crippen LogP contribution in [0.1, 0.15) is 15.9 Å². The lowest BCUT2D eigenvalue weighted by molar-refractivity contribution is 0.0693. The molecule has 3 N–H and O–H groups in total. The Morgan fingerprint density at radius 1 is 0.968 bits per heavy atom. The van der Waals surface area contributed by atoms with E-state index in [0.717, 1.165) is 5.56 Å². The van der Waals surface area contributed by atoms with E-state index < -0.39 is 16.0 Å². The number of ether oxygens (including phenoxy) is 1. The van der Waals surface area contributed by atoms with Gasteiger partial charge in [0.05, 0.1) is 23.4 Å². The van der Waals surface area contributed by atoms with E-state index in [1.165, 1.54) is 42.5 Å². The topological polar surface area (TPSA) is 138 Å². The van der Waals surface area contributed by atoms with Gasteiger partial charge >= 0.3 is 5.97 Å². The minimum absolute atomic E-state index is 0.0674. The maximum absolute atomic E-state index is 12.5. The SMILES string of the molecule is COc1ccc(CNS(=O)(=O)c2ccc(N=Nc3ccc(O)c(C(=O)O)c3)cc2)cc1. The van der Waals surface area contributed by atoms with Crippen molar-refractivity contribution in [1.82, 2.24) is 4.72 Å². The summed E-state index contributed by atoms with van der Waals surface area (Å²) in [4.78, 5) is 11.1. The van der Waals surface area contributed by atoms with E-state index in [1.807, 2.05) is 0 Å². The van der Waals surface area contributed by atoms with Crippen molar-refractivity contribution < 1.29 is 28.2 Å². The van der Waals surface area contributed by atoms with Crippen molar-refractivity contribution in [3.63, 3.8) is 0 Å². The number of carboxylic acid groups (broad SMARTS) is 1. The van der Waals surface area contributed by atoms with Crippen LogP contribution in [0.5, 0.6) is 11.5 Å². The summed E-state index contributed by atoms with van der Waals surface area (Å²) >= 11 is 0. The predicted molar refractivity (Wildman–Crippen MR) is 113 cm³/mol. The number of methoxy groups -OCH3 is 1. The number of nitrogens with one attached hydrogen (secondary N) is 1. The second-order valence-electron chi connectivity index (χ2n) is 6.37. The first-order chi connectivity index (χ1) is 14.8. The first-order valence-electron chi connectivity index (χ1n) is 8.99. The molecule has 0 aliphatic rings. The summed E-state index contributed by atoms with van der Waals surface area (Å²) in [6.45, 7) is 0.126. The summed E-state index contributed by atoms with van der Waals surface area (Å²) in [6.07, 6.45) is 0. The number of azo groups is 1. The van der Waals surface area contributed by atoms with Crippen LogP contribution >= 0.6 is 0 Å². The monoisotopic (exact) mass is 441 g/mol. The van der Waals surface area contributed by atoms with Crippen LogP contribution in [0.2, 0.25) is 0 Å². The van der Waals surface area contributed by atoms with E-state index in [-0.39, 0.29) is 28.4 Å². The van der Waals surface area contributed by atoms with Crippen LogP contribution in [-0.2, 0) is 16.6 Å². The molecule has 0 aromatic heterocycles. The summed E-state index contributed by atoms with van der Waals surface area (Å²) in [5, 5.41) is 26.4. The smallest absolute Gasteiger partial charge is 0.339 e. The van der Waals surface area contributed by atoms with E-state index >= 15 is 0 Å². The fourth-order valence-electron chi connectivity index (χ4n) is 2.57. The highest BCUT2D eigenvalue weighted by atomic mass is 32.2. The van der Waals surface area contributed by atoms with Gasteiger partial charge in [-0.3, -0.25) is 0 Å². The molecule has 0 bridgehead atoms. The fraction of sp³-hybridized carbons (Fsp3) is 0.0952. The van der Waals surface area contributed by atoms with Crippen LogP contribution < -0.4 is 9.46 Å². The first-order valence-corrected chi connectivity index (χ1v) is 10.5. The number of rotatable bonds is 8. The Hall–Kier alpha value is -3.76. The van der Waals surface area contributed by atoms with E-state index in [4.69, 9.17) is 9.84 Å².